The minimum absolute atomic E-state index is 0.181. The molecule has 0 saturated heterocycles. The summed E-state index contributed by atoms with van der Waals surface area (Å²) in [7, 11) is 0. The minimum atomic E-state index is -1.25. The molecule has 1 aromatic heterocycles. The summed E-state index contributed by atoms with van der Waals surface area (Å²) in [6, 6.07) is 3.22. The molecule has 4 amide bonds. The van der Waals surface area contributed by atoms with Crippen molar-refractivity contribution in [1.29, 1.82) is 0 Å². The lowest BCUT2D eigenvalue weighted by Crippen LogP contribution is -2.57. The Morgan fingerprint density at radius 3 is 2.29 bits per heavy atom. The number of amides is 4. The van der Waals surface area contributed by atoms with Gasteiger partial charge in [0.15, 0.2) is 0 Å². The molecule has 2 aromatic rings. The van der Waals surface area contributed by atoms with E-state index in [1.807, 2.05) is 24.3 Å². The van der Waals surface area contributed by atoms with Gasteiger partial charge in [0.05, 0.1) is 6.04 Å². The number of aromatic nitrogens is 1. The Morgan fingerprint density at radius 2 is 1.63 bits per heavy atom. The monoisotopic (exact) mass is 531 g/mol. The number of nitrogens with one attached hydrogen (secondary N) is 4. The Kier molecular flexibility index (Phi) is 11.7. The molecule has 0 fully saturated rings. The molecule has 0 saturated carbocycles. The smallest absolute Gasteiger partial charge is 0.303 e. The molecule has 0 aliphatic rings. The third-order valence-corrected chi connectivity index (χ3v) is 6.09. The first-order valence-electron chi connectivity index (χ1n) is 12.5. The van der Waals surface area contributed by atoms with Crippen LogP contribution in [0.5, 0.6) is 0 Å². The van der Waals surface area contributed by atoms with Crippen molar-refractivity contribution in [3.8, 4) is 0 Å². The minimum Gasteiger partial charge on any atom is -0.481 e. The highest BCUT2D eigenvalue weighted by atomic mass is 16.4. The summed E-state index contributed by atoms with van der Waals surface area (Å²) in [6.07, 6.45) is 2.84. The molecule has 4 atom stereocenters. The Balaban J connectivity index is 2.01. The zero-order valence-corrected chi connectivity index (χ0v) is 21.4. The van der Waals surface area contributed by atoms with Crippen LogP contribution < -0.4 is 33.2 Å². The number of aromatic amines is 1. The summed E-state index contributed by atoms with van der Waals surface area (Å²) in [5, 5.41) is 17.4. The summed E-state index contributed by atoms with van der Waals surface area (Å²) >= 11 is 0. The van der Waals surface area contributed by atoms with Gasteiger partial charge < -0.3 is 43.2 Å². The first-order valence-corrected chi connectivity index (χ1v) is 12.5. The largest absolute Gasteiger partial charge is 0.481 e. The number of carbonyl (C=O) groups is 5. The number of carboxylic acids is 1. The standard InChI is InChI=1S/C25H37N7O6/c1-14(23(36)31-19(22(28)35)8-4-5-11-26)30-25(38)20(9-10-21(33)34)32-24(37)17(27)12-15-13-29-18-7-3-2-6-16(15)18/h2-3,6-7,13-14,17,19-20,29H,4-5,8-12,26-27H2,1H3,(H2,28,35)(H,30,38)(H,31,36)(H,32,37)(H,33,34)/t14-,17-,19-,20-/m0/s1. The van der Waals surface area contributed by atoms with Crippen LogP contribution in [0.4, 0.5) is 0 Å². The lowest BCUT2D eigenvalue weighted by molar-refractivity contribution is -0.138. The number of benzene rings is 1. The van der Waals surface area contributed by atoms with Gasteiger partial charge in [-0.15, -0.1) is 0 Å². The van der Waals surface area contributed by atoms with Gasteiger partial charge in [-0.2, -0.15) is 0 Å². The van der Waals surface area contributed by atoms with Gasteiger partial charge >= 0.3 is 5.97 Å². The normalized spacial score (nSPS) is 14.2. The Morgan fingerprint density at radius 1 is 0.947 bits per heavy atom. The van der Waals surface area contributed by atoms with Crippen LogP contribution in [0.1, 0.15) is 44.6 Å². The summed E-state index contributed by atoms with van der Waals surface area (Å²) < 4.78 is 0. The fourth-order valence-corrected chi connectivity index (χ4v) is 3.90. The molecule has 0 spiro atoms. The number of H-pyrrole nitrogens is 1. The zero-order valence-electron chi connectivity index (χ0n) is 21.4. The van der Waals surface area contributed by atoms with Crippen molar-refractivity contribution in [1.82, 2.24) is 20.9 Å². The van der Waals surface area contributed by atoms with Gasteiger partial charge in [0.1, 0.15) is 18.1 Å². The van der Waals surface area contributed by atoms with Crippen molar-refractivity contribution in [3.05, 3.63) is 36.0 Å². The molecular weight excluding hydrogens is 494 g/mol. The molecule has 1 aromatic carbocycles. The quantitative estimate of drug-likeness (QED) is 0.125. The van der Waals surface area contributed by atoms with E-state index in [2.05, 4.69) is 20.9 Å². The molecule has 13 heteroatoms. The number of hydrogen-bond acceptors (Lipinski definition) is 7. The summed E-state index contributed by atoms with van der Waals surface area (Å²) in [5.41, 5.74) is 18.6. The fourth-order valence-electron chi connectivity index (χ4n) is 3.90. The van der Waals surface area contributed by atoms with Crippen molar-refractivity contribution in [2.45, 2.75) is 69.6 Å². The van der Waals surface area contributed by atoms with Crippen LogP contribution in [0.15, 0.2) is 30.5 Å². The molecule has 208 valence electrons. The van der Waals surface area contributed by atoms with E-state index in [1.54, 1.807) is 6.20 Å². The average Bonchev–Trinajstić information content (AvgIpc) is 3.28. The van der Waals surface area contributed by atoms with E-state index >= 15 is 0 Å². The lowest BCUT2D eigenvalue weighted by atomic mass is 10.0. The molecular formula is C25H37N7O6. The van der Waals surface area contributed by atoms with Gasteiger partial charge in [0.25, 0.3) is 0 Å². The molecule has 0 radical (unpaired) electrons. The van der Waals surface area contributed by atoms with Crippen molar-refractivity contribution in [2.75, 3.05) is 6.54 Å². The first-order chi connectivity index (χ1) is 18.0. The number of nitrogens with two attached hydrogens (primary N) is 3. The molecule has 0 unspecified atom stereocenters. The van der Waals surface area contributed by atoms with E-state index in [9.17, 15) is 24.0 Å². The highest BCUT2D eigenvalue weighted by Gasteiger charge is 2.28. The number of fused-ring (bicyclic) bond motifs is 1. The number of unbranched alkanes of at least 4 members (excludes halogenated alkanes) is 1. The van der Waals surface area contributed by atoms with Crippen molar-refractivity contribution in [3.63, 3.8) is 0 Å². The van der Waals surface area contributed by atoms with Crippen molar-refractivity contribution in [2.24, 2.45) is 17.2 Å². The third kappa shape index (κ3) is 9.16. The van der Waals surface area contributed by atoms with Crippen LogP contribution in [-0.4, -0.2) is 70.4 Å². The van der Waals surface area contributed by atoms with Gasteiger partial charge in [-0.05, 0) is 57.2 Å². The number of primary amides is 1. The van der Waals surface area contributed by atoms with Crippen LogP contribution in [0.3, 0.4) is 0 Å². The first kappa shape index (κ1) is 30.3. The second-order valence-electron chi connectivity index (χ2n) is 9.14. The molecule has 2 rings (SSSR count). The molecule has 11 N–H and O–H groups in total. The third-order valence-electron chi connectivity index (χ3n) is 6.09. The van der Waals surface area contributed by atoms with Gasteiger partial charge in [-0.1, -0.05) is 18.2 Å². The molecule has 13 nitrogen and oxygen atoms in total. The number of hydrogen-bond donors (Lipinski definition) is 8. The van der Waals surface area contributed by atoms with Crippen LogP contribution in [0.25, 0.3) is 10.9 Å². The summed E-state index contributed by atoms with van der Waals surface area (Å²) in [5.74, 6) is -3.95. The van der Waals surface area contributed by atoms with Crippen LogP contribution in [-0.2, 0) is 30.4 Å². The number of para-hydroxylation sites is 1. The summed E-state index contributed by atoms with van der Waals surface area (Å²) in [6.45, 7) is 1.82. The second-order valence-corrected chi connectivity index (χ2v) is 9.14. The number of aliphatic carboxylic acids is 1. The van der Waals surface area contributed by atoms with Crippen molar-refractivity contribution >= 4 is 40.5 Å². The maximum Gasteiger partial charge on any atom is 0.303 e. The second kappa shape index (κ2) is 14.7. The Labute approximate surface area is 220 Å². The Hall–Kier alpha value is -3.97. The fraction of sp³-hybridized carbons (Fsp3) is 0.480. The van der Waals surface area contributed by atoms with Gasteiger partial charge in [0.2, 0.25) is 23.6 Å². The number of carbonyl (C=O) groups excluding carboxylic acids is 4. The summed E-state index contributed by atoms with van der Waals surface area (Å²) in [4.78, 5) is 64.2. The van der Waals surface area contributed by atoms with Crippen LogP contribution in [0.2, 0.25) is 0 Å². The van der Waals surface area contributed by atoms with E-state index < -0.39 is 60.2 Å². The number of carboxylic acid groups (broad SMARTS) is 1. The molecule has 38 heavy (non-hydrogen) atoms. The zero-order chi connectivity index (χ0) is 28.2. The van der Waals surface area contributed by atoms with E-state index in [0.29, 0.717) is 25.8 Å². The highest BCUT2D eigenvalue weighted by Crippen LogP contribution is 2.18. The average molecular weight is 532 g/mol. The maximum absolute atomic E-state index is 12.9. The molecule has 0 aliphatic carbocycles. The van der Waals surface area contributed by atoms with Gasteiger partial charge in [0, 0.05) is 23.5 Å². The van der Waals surface area contributed by atoms with E-state index in [1.165, 1.54) is 6.92 Å². The molecule has 0 bridgehead atoms. The predicted molar refractivity (Wildman–Crippen MR) is 140 cm³/mol. The van der Waals surface area contributed by atoms with E-state index in [4.69, 9.17) is 22.3 Å². The maximum atomic E-state index is 12.9. The topological polar surface area (TPSA) is 236 Å². The molecule has 1 heterocycles. The Bertz CT molecular complexity index is 1130. The lowest BCUT2D eigenvalue weighted by Gasteiger charge is -2.23. The van der Waals surface area contributed by atoms with E-state index in [-0.39, 0.29) is 12.8 Å². The van der Waals surface area contributed by atoms with Crippen molar-refractivity contribution < 1.29 is 29.1 Å². The number of rotatable bonds is 16. The van der Waals surface area contributed by atoms with Crippen LogP contribution >= 0.6 is 0 Å². The van der Waals surface area contributed by atoms with Gasteiger partial charge in [-0.25, -0.2) is 0 Å². The van der Waals surface area contributed by atoms with Gasteiger partial charge in [-0.3, -0.25) is 24.0 Å². The SMILES string of the molecule is C[C@H](NC(=O)[C@H](CCC(=O)O)NC(=O)[C@@H](N)Cc1c[nH]c2ccccc12)C(=O)N[C@@H](CCCCN)C(N)=O. The predicted octanol–water partition coefficient (Wildman–Crippen LogP) is -1.01. The van der Waals surface area contributed by atoms with Crippen LogP contribution in [0, 0.1) is 0 Å². The molecule has 0 aliphatic heterocycles. The highest BCUT2D eigenvalue weighted by molar-refractivity contribution is 5.94. The van der Waals surface area contributed by atoms with E-state index in [0.717, 1.165) is 16.5 Å².